The molecule has 0 fully saturated rings. The third kappa shape index (κ3) is 3.14. The van der Waals surface area contributed by atoms with E-state index in [1.165, 1.54) is 7.11 Å². The molecule has 1 aromatic rings. The lowest BCUT2D eigenvalue weighted by atomic mass is 10.2. The molecule has 0 atom stereocenters. The van der Waals surface area contributed by atoms with E-state index >= 15 is 0 Å². The first-order valence-electron chi connectivity index (χ1n) is 4.31. The summed E-state index contributed by atoms with van der Waals surface area (Å²) >= 11 is 3.98. The Hall–Kier alpha value is -1.21. The minimum atomic E-state index is -0.938. The van der Waals surface area contributed by atoms with Gasteiger partial charge >= 0.3 is 0 Å². The molecule has 4 heteroatoms. The van der Waals surface area contributed by atoms with Gasteiger partial charge in [-0.25, -0.2) is 8.78 Å². The largest absolute Gasteiger partial charge is 0.495 e. The highest BCUT2D eigenvalue weighted by molar-refractivity contribution is 7.80. The van der Waals surface area contributed by atoms with Gasteiger partial charge in [0.1, 0.15) is 5.75 Å². The van der Waals surface area contributed by atoms with Crippen molar-refractivity contribution in [1.29, 1.82) is 0 Å². The van der Waals surface area contributed by atoms with E-state index in [-0.39, 0.29) is 5.75 Å². The molecule has 0 unspecified atom stereocenters. The smallest absolute Gasteiger partial charge is 0.162 e. The summed E-state index contributed by atoms with van der Waals surface area (Å²) in [6.07, 6.45) is 0.589. The molecule has 1 nitrogen and oxygen atoms in total. The van der Waals surface area contributed by atoms with Gasteiger partial charge in [0.15, 0.2) is 11.6 Å². The molecule has 0 spiro atoms. The van der Waals surface area contributed by atoms with Crippen molar-refractivity contribution >= 4 is 12.6 Å². The van der Waals surface area contributed by atoms with Crippen molar-refractivity contribution in [1.82, 2.24) is 0 Å². The zero-order valence-corrected chi connectivity index (χ0v) is 9.07. The number of halogens is 2. The quantitative estimate of drug-likeness (QED) is 0.604. The van der Waals surface area contributed by atoms with E-state index in [1.807, 2.05) is 0 Å². The normalized spacial score (nSPS) is 9.33. The van der Waals surface area contributed by atoms with Gasteiger partial charge in [0, 0.05) is 18.2 Å². The highest BCUT2D eigenvalue weighted by Crippen LogP contribution is 2.21. The van der Waals surface area contributed by atoms with Crippen LogP contribution in [0.1, 0.15) is 12.0 Å². The molecule has 1 rings (SSSR count). The van der Waals surface area contributed by atoms with Crippen molar-refractivity contribution in [2.45, 2.75) is 6.42 Å². The van der Waals surface area contributed by atoms with Crippen LogP contribution in [0.4, 0.5) is 8.78 Å². The molecule has 0 aliphatic carbocycles. The lowest BCUT2D eigenvalue weighted by molar-refractivity contribution is 0.405. The fourth-order valence-electron chi connectivity index (χ4n) is 1.01. The number of thiol groups is 1. The van der Waals surface area contributed by atoms with Crippen molar-refractivity contribution in [3.8, 4) is 17.6 Å². The van der Waals surface area contributed by atoms with E-state index in [1.54, 1.807) is 0 Å². The molecule has 0 aliphatic rings. The minimum Gasteiger partial charge on any atom is -0.495 e. The zero-order valence-electron chi connectivity index (χ0n) is 8.18. The second-order valence-electron chi connectivity index (χ2n) is 2.74. The molecule has 15 heavy (non-hydrogen) atoms. The van der Waals surface area contributed by atoms with Gasteiger partial charge in [-0.2, -0.15) is 12.6 Å². The summed E-state index contributed by atoms with van der Waals surface area (Å²) in [7, 11) is 1.39. The van der Waals surface area contributed by atoms with Crippen LogP contribution in [0.15, 0.2) is 12.1 Å². The summed E-state index contributed by atoms with van der Waals surface area (Å²) in [4.78, 5) is 0. The van der Waals surface area contributed by atoms with Crippen LogP contribution < -0.4 is 4.74 Å². The van der Waals surface area contributed by atoms with E-state index in [4.69, 9.17) is 4.74 Å². The number of hydrogen-bond donors (Lipinski definition) is 1. The maximum atomic E-state index is 12.9. The second-order valence-corrected chi connectivity index (χ2v) is 3.19. The van der Waals surface area contributed by atoms with E-state index in [9.17, 15) is 8.78 Å². The van der Waals surface area contributed by atoms with Crippen LogP contribution in [0, 0.1) is 23.5 Å². The molecular weight excluding hydrogens is 218 g/mol. The number of methoxy groups -OCH3 is 1. The fraction of sp³-hybridized carbons (Fsp3) is 0.273. The van der Waals surface area contributed by atoms with Crippen LogP contribution in [0.25, 0.3) is 0 Å². The fourth-order valence-corrected chi connectivity index (χ4v) is 1.12. The van der Waals surface area contributed by atoms with Gasteiger partial charge in [-0.15, -0.1) is 0 Å². The molecule has 0 amide bonds. The predicted molar refractivity (Wildman–Crippen MR) is 58.3 cm³/mol. The highest BCUT2D eigenvalue weighted by Gasteiger charge is 2.08. The van der Waals surface area contributed by atoms with Gasteiger partial charge in [-0.05, 0) is 6.07 Å². The minimum absolute atomic E-state index is 0.237. The summed E-state index contributed by atoms with van der Waals surface area (Å²) in [6, 6.07) is 2.01. The number of rotatable bonds is 2. The monoisotopic (exact) mass is 228 g/mol. The molecule has 1 aromatic carbocycles. The molecule has 0 saturated carbocycles. The topological polar surface area (TPSA) is 9.23 Å². The van der Waals surface area contributed by atoms with E-state index in [0.29, 0.717) is 17.7 Å². The van der Waals surface area contributed by atoms with Crippen LogP contribution in [0.3, 0.4) is 0 Å². The maximum Gasteiger partial charge on any atom is 0.162 e. The van der Waals surface area contributed by atoms with Gasteiger partial charge in [-0.3, -0.25) is 0 Å². The van der Waals surface area contributed by atoms with Crippen LogP contribution in [0.5, 0.6) is 5.75 Å². The first-order valence-corrected chi connectivity index (χ1v) is 4.95. The Kier molecular flexibility index (Phi) is 4.44. The van der Waals surface area contributed by atoms with Crippen molar-refractivity contribution in [3.63, 3.8) is 0 Å². The van der Waals surface area contributed by atoms with Crippen LogP contribution in [0.2, 0.25) is 0 Å². The summed E-state index contributed by atoms with van der Waals surface area (Å²) < 4.78 is 30.6. The van der Waals surface area contributed by atoms with Crippen molar-refractivity contribution in [3.05, 3.63) is 29.3 Å². The standard InChI is InChI=1S/C11H10F2OS/c1-14-11-7-10(13)9(12)6-8(11)4-2-3-5-15/h6-7,15H,3,5H2,1H3. The molecule has 0 saturated heterocycles. The molecule has 0 aromatic heterocycles. The Labute approximate surface area is 92.9 Å². The lowest BCUT2D eigenvalue weighted by Crippen LogP contribution is -1.92. The number of ether oxygens (including phenoxy) is 1. The van der Waals surface area contributed by atoms with Crippen molar-refractivity contribution in [2.24, 2.45) is 0 Å². The Balaban J connectivity index is 3.06. The number of benzene rings is 1. The Morgan fingerprint density at radius 2 is 2.00 bits per heavy atom. The third-order valence-electron chi connectivity index (χ3n) is 1.70. The zero-order chi connectivity index (χ0) is 11.3. The molecule has 0 N–H and O–H groups in total. The third-order valence-corrected chi connectivity index (χ3v) is 1.93. The summed E-state index contributed by atoms with van der Waals surface area (Å²) in [5.74, 6) is 4.48. The van der Waals surface area contributed by atoms with Crippen LogP contribution >= 0.6 is 12.6 Å². The van der Waals surface area contributed by atoms with E-state index in [0.717, 1.165) is 12.1 Å². The van der Waals surface area contributed by atoms with Gasteiger partial charge in [0.05, 0.1) is 12.7 Å². The summed E-state index contributed by atoms with van der Waals surface area (Å²) in [5.41, 5.74) is 0.346. The molecule has 80 valence electrons. The lowest BCUT2D eigenvalue weighted by Gasteiger charge is -2.03. The highest BCUT2D eigenvalue weighted by atomic mass is 32.1. The first kappa shape index (κ1) is 11.9. The Morgan fingerprint density at radius 3 is 2.60 bits per heavy atom. The molecule has 0 heterocycles. The average Bonchev–Trinajstić information content (AvgIpc) is 2.23. The predicted octanol–water partition coefficient (Wildman–Crippen LogP) is 2.64. The van der Waals surface area contributed by atoms with Gasteiger partial charge in [-0.1, -0.05) is 11.8 Å². The molecule has 0 bridgehead atoms. The van der Waals surface area contributed by atoms with Gasteiger partial charge in [0.2, 0.25) is 0 Å². The maximum absolute atomic E-state index is 12.9. The molecule has 0 aliphatic heterocycles. The summed E-state index contributed by atoms with van der Waals surface area (Å²) in [5, 5.41) is 0. The molecule has 0 radical (unpaired) electrons. The van der Waals surface area contributed by atoms with Crippen molar-refractivity contribution in [2.75, 3.05) is 12.9 Å². The Morgan fingerprint density at radius 1 is 1.33 bits per heavy atom. The SMILES string of the molecule is COc1cc(F)c(F)cc1C#CCCS. The molecular formula is C11H10F2OS. The summed E-state index contributed by atoms with van der Waals surface area (Å²) in [6.45, 7) is 0. The van der Waals surface area contributed by atoms with E-state index in [2.05, 4.69) is 24.5 Å². The van der Waals surface area contributed by atoms with Crippen LogP contribution in [-0.2, 0) is 0 Å². The van der Waals surface area contributed by atoms with Crippen molar-refractivity contribution < 1.29 is 13.5 Å². The van der Waals surface area contributed by atoms with E-state index < -0.39 is 11.6 Å². The first-order chi connectivity index (χ1) is 7.19. The van der Waals surface area contributed by atoms with Gasteiger partial charge < -0.3 is 4.74 Å². The Bertz CT molecular complexity index is 407. The average molecular weight is 228 g/mol. The number of hydrogen-bond acceptors (Lipinski definition) is 2. The van der Waals surface area contributed by atoms with Gasteiger partial charge in [0.25, 0.3) is 0 Å². The van der Waals surface area contributed by atoms with Crippen LogP contribution in [-0.4, -0.2) is 12.9 Å². The second kappa shape index (κ2) is 5.62.